The van der Waals surface area contributed by atoms with Crippen molar-refractivity contribution in [3.63, 3.8) is 0 Å². The van der Waals surface area contributed by atoms with Crippen LogP contribution in [-0.2, 0) is 14.3 Å². The third-order valence-corrected chi connectivity index (χ3v) is 4.87. The molecule has 0 aliphatic carbocycles. The number of nitrogens with zero attached hydrogens (tertiary/aromatic N) is 1. The van der Waals surface area contributed by atoms with E-state index in [1.54, 1.807) is 43.0 Å². The molecule has 0 radical (unpaired) electrons. The van der Waals surface area contributed by atoms with Crippen LogP contribution in [0.2, 0.25) is 0 Å². The van der Waals surface area contributed by atoms with Crippen molar-refractivity contribution in [3.05, 3.63) is 35.4 Å². The van der Waals surface area contributed by atoms with Crippen molar-refractivity contribution in [1.29, 1.82) is 0 Å². The minimum atomic E-state index is -1.18. The van der Waals surface area contributed by atoms with E-state index in [1.165, 1.54) is 0 Å². The number of imide groups is 1. The maximum atomic E-state index is 12.3. The minimum absolute atomic E-state index is 0.0107. The normalized spacial score (nSPS) is 15.5. The molecule has 1 unspecified atom stereocenters. The van der Waals surface area contributed by atoms with Gasteiger partial charge in [0.05, 0.1) is 30.9 Å². The van der Waals surface area contributed by atoms with Gasteiger partial charge in [0.15, 0.2) is 6.29 Å². The van der Waals surface area contributed by atoms with Gasteiger partial charge in [-0.25, -0.2) is 0 Å². The van der Waals surface area contributed by atoms with Gasteiger partial charge in [0, 0.05) is 6.54 Å². The fourth-order valence-electron chi connectivity index (χ4n) is 2.81. The largest absolute Gasteiger partial charge is 0.465 e. The Labute approximate surface area is 168 Å². The second kappa shape index (κ2) is 11.2. The molecule has 154 valence electrons. The Bertz CT molecular complexity index is 664. The number of aliphatic hydroxyl groups is 1. The van der Waals surface area contributed by atoms with Gasteiger partial charge in [0.1, 0.15) is 6.04 Å². The van der Waals surface area contributed by atoms with E-state index in [9.17, 15) is 19.5 Å². The molecule has 0 spiro atoms. The zero-order valence-electron chi connectivity index (χ0n) is 16.1. The lowest BCUT2D eigenvalue weighted by atomic mass is 10.1. The summed E-state index contributed by atoms with van der Waals surface area (Å²) in [5.74, 6) is -0.324. The third kappa shape index (κ3) is 5.78. The van der Waals surface area contributed by atoms with Gasteiger partial charge < -0.3 is 14.6 Å². The average molecular weight is 410 g/mol. The van der Waals surface area contributed by atoms with E-state index in [0.29, 0.717) is 17.5 Å². The van der Waals surface area contributed by atoms with E-state index in [2.05, 4.69) is 5.32 Å². The molecule has 8 nitrogen and oxygen atoms in total. The van der Waals surface area contributed by atoms with Gasteiger partial charge in [-0.1, -0.05) is 12.1 Å². The summed E-state index contributed by atoms with van der Waals surface area (Å²) < 4.78 is 10.3. The highest BCUT2D eigenvalue weighted by atomic mass is 32.2. The average Bonchev–Trinajstić information content (AvgIpc) is 2.93. The first-order chi connectivity index (χ1) is 13.5. The first kappa shape index (κ1) is 22.4. The van der Waals surface area contributed by atoms with Gasteiger partial charge >= 0.3 is 5.97 Å². The monoisotopic (exact) mass is 410 g/mol. The lowest BCUT2D eigenvalue weighted by molar-refractivity contribution is -0.146. The second-order valence-electron chi connectivity index (χ2n) is 6.13. The van der Waals surface area contributed by atoms with Crippen LogP contribution in [0.5, 0.6) is 0 Å². The summed E-state index contributed by atoms with van der Waals surface area (Å²) in [5.41, 5.74) is 0.751. The molecule has 1 heterocycles. The molecule has 0 aromatic heterocycles. The van der Waals surface area contributed by atoms with Crippen LogP contribution in [0.25, 0.3) is 0 Å². The number of carbonyl (C=O) groups excluding carboxylic acids is 3. The number of benzene rings is 1. The maximum absolute atomic E-state index is 12.3. The minimum Gasteiger partial charge on any atom is -0.465 e. The molecule has 0 saturated heterocycles. The SMILES string of the molecule is CCOC(=O)[C@@H](CCSC)NCC(O)OCCN1C(=O)c2ccccc2C1=O. The standard InChI is InChI=1S/C19H26N2O6S/c1-3-26-19(25)15(8-11-28-2)20-12-16(22)27-10-9-21-17(23)13-6-4-5-7-14(13)18(21)24/h4-7,15-16,20,22H,3,8-12H2,1-2H3/t15-,16?/m1/s1. The molecule has 2 atom stereocenters. The van der Waals surface area contributed by atoms with Crippen LogP contribution in [-0.4, -0.2) is 78.4 Å². The van der Waals surface area contributed by atoms with Crippen LogP contribution in [0.1, 0.15) is 34.1 Å². The van der Waals surface area contributed by atoms with Crippen LogP contribution < -0.4 is 5.32 Å². The number of thioether (sulfide) groups is 1. The fraction of sp³-hybridized carbons (Fsp3) is 0.526. The first-order valence-corrected chi connectivity index (χ1v) is 10.5. The zero-order chi connectivity index (χ0) is 20.5. The first-order valence-electron chi connectivity index (χ1n) is 9.13. The van der Waals surface area contributed by atoms with Gasteiger partial charge in [-0.2, -0.15) is 11.8 Å². The van der Waals surface area contributed by atoms with E-state index >= 15 is 0 Å². The Morgan fingerprint density at radius 3 is 2.46 bits per heavy atom. The Kier molecular flexibility index (Phi) is 8.91. The molecule has 0 bridgehead atoms. The number of hydrogen-bond donors (Lipinski definition) is 2. The number of rotatable bonds is 12. The number of hydrogen-bond acceptors (Lipinski definition) is 8. The number of amides is 2. The molecule has 2 rings (SSSR count). The number of esters is 1. The molecule has 2 amide bonds. The van der Waals surface area contributed by atoms with Crippen LogP contribution in [0.15, 0.2) is 24.3 Å². The van der Waals surface area contributed by atoms with Gasteiger partial charge in [-0.3, -0.25) is 24.6 Å². The number of nitrogens with one attached hydrogen (secondary N) is 1. The Morgan fingerprint density at radius 1 is 1.25 bits per heavy atom. The highest BCUT2D eigenvalue weighted by Gasteiger charge is 2.34. The molecule has 1 aliphatic heterocycles. The van der Waals surface area contributed by atoms with E-state index in [0.717, 1.165) is 10.7 Å². The van der Waals surface area contributed by atoms with Crippen LogP contribution >= 0.6 is 11.8 Å². The molecule has 1 aromatic carbocycles. The van der Waals surface area contributed by atoms with Crippen molar-refractivity contribution in [1.82, 2.24) is 10.2 Å². The molecule has 0 fully saturated rings. The predicted octanol–water partition coefficient (Wildman–Crippen LogP) is 0.892. The summed E-state index contributed by atoms with van der Waals surface area (Å²) in [6.07, 6.45) is 1.34. The van der Waals surface area contributed by atoms with E-state index in [-0.39, 0.29) is 44.1 Å². The lowest BCUT2D eigenvalue weighted by Gasteiger charge is -2.20. The molecule has 9 heteroatoms. The number of ether oxygens (including phenoxy) is 2. The van der Waals surface area contributed by atoms with Gasteiger partial charge in [-0.05, 0) is 37.5 Å². The molecule has 2 N–H and O–H groups in total. The smallest absolute Gasteiger partial charge is 0.323 e. The van der Waals surface area contributed by atoms with Crippen LogP contribution in [0.4, 0.5) is 0 Å². The Hall–Kier alpha value is -1.94. The van der Waals surface area contributed by atoms with Gasteiger partial charge in [-0.15, -0.1) is 0 Å². The lowest BCUT2D eigenvalue weighted by Crippen LogP contribution is -2.43. The molecule has 1 aliphatic rings. The maximum Gasteiger partial charge on any atom is 0.323 e. The molecule has 1 aromatic rings. The summed E-state index contributed by atoms with van der Waals surface area (Å²) in [7, 11) is 0. The topological polar surface area (TPSA) is 105 Å². The number of carbonyl (C=O) groups is 3. The van der Waals surface area contributed by atoms with Crippen molar-refractivity contribution >= 4 is 29.5 Å². The number of aliphatic hydroxyl groups excluding tert-OH is 1. The second-order valence-corrected chi connectivity index (χ2v) is 7.11. The third-order valence-electron chi connectivity index (χ3n) is 4.22. The van der Waals surface area contributed by atoms with Crippen molar-refractivity contribution in [2.24, 2.45) is 0 Å². The summed E-state index contributed by atoms with van der Waals surface area (Å²) in [4.78, 5) is 37.5. The van der Waals surface area contributed by atoms with Gasteiger partial charge in [0.25, 0.3) is 11.8 Å². The van der Waals surface area contributed by atoms with Crippen LogP contribution in [0, 0.1) is 0 Å². The number of fused-ring (bicyclic) bond motifs is 1. The Morgan fingerprint density at radius 2 is 1.89 bits per heavy atom. The highest BCUT2D eigenvalue weighted by Crippen LogP contribution is 2.21. The van der Waals surface area contributed by atoms with Crippen molar-refractivity contribution < 1.29 is 29.0 Å². The van der Waals surface area contributed by atoms with Crippen molar-refractivity contribution in [2.75, 3.05) is 38.3 Å². The van der Waals surface area contributed by atoms with Crippen LogP contribution in [0.3, 0.4) is 0 Å². The quantitative estimate of drug-likeness (QED) is 0.297. The molecular weight excluding hydrogens is 384 g/mol. The molecular formula is C19H26N2O6S. The van der Waals surface area contributed by atoms with Crippen molar-refractivity contribution in [2.45, 2.75) is 25.7 Å². The Balaban J connectivity index is 1.76. The summed E-state index contributed by atoms with van der Waals surface area (Å²) in [6, 6.07) is 6.10. The van der Waals surface area contributed by atoms with E-state index in [1.807, 2.05) is 6.26 Å². The van der Waals surface area contributed by atoms with E-state index < -0.39 is 12.3 Å². The molecule has 28 heavy (non-hydrogen) atoms. The van der Waals surface area contributed by atoms with E-state index in [4.69, 9.17) is 9.47 Å². The fourth-order valence-corrected chi connectivity index (χ4v) is 3.28. The highest BCUT2D eigenvalue weighted by molar-refractivity contribution is 7.98. The summed E-state index contributed by atoms with van der Waals surface area (Å²) in [5, 5.41) is 12.9. The predicted molar refractivity (Wildman–Crippen MR) is 105 cm³/mol. The zero-order valence-corrected chi connectivity index (χ0v) is 16.9. The molecule has 0 saturated carbocycles. The summed E-state index contributed by atoms with van der Waals surface area (Å²) in [6.45, 7) is 2.08. The summed E-state index contributed by atoms with van der Waals surface area (Å²) >= 11 is 1.61. The van der Waals surface area contributed by atoms with Gasteiger partial charge in [0.2, 0.25) is 0 Å². The van der Waals surface area contributed by atoms with Crippen molar-refractivity contribution in [3.8, 4) is 0 Å².